The molecule has 2 rings (SSSR count). The Morgan fingerprint density at radius 2 is 2.14 bits per heavy atom. The lowest BCUT2D eigenvalue weighted by Crippen LogP contribution is -2.26. The SMILES string of the molecule is C=CCCC(O)CNCc1nc(-c2ccc(Cl)cc2)no1. The van der Waals surface area contributed by atoms with Crippen LogP contribution in [0.1, 0.15) is 18.7 Å². The molecule has 0 bridgehead atoms. The Morgan fingerprint density at radius 1 is 1.38 bits per heavy atom. The van der Waals surface area contributed by atoms with Crippen LogP contribution < -0.4 is 5.32 Å². The van der Waals surface area contributed by atoms with E-state index in [0.29, 0.717) is 36.2 Å². The molecule has 0 radical (unpaired) electrons. The summed E-state index contributed by atoms with van der Waals surface area (Å²) in [4.78, 5) is 4.29. The minimum atomic E-state index is -0.401. The smallest absolute Gasteiger partial charge is 0.240 e. The van der Waals surface area contributed by atoms with Crippen LogP contribution in [0, 0.1) is 0 Å². The van der Waals surface area contributed by atoms with E-state index in [4.69, 9.17) is 16.1 Å². The summed E-state index contributed by atoms with van der Waals surface area (Å²) >= 11 is 5.83. The first-order valence-corrected chi connectivity index (χ1v) is 7.15. The zero-order valence-electron chi connectivity index (χ0n) is 11.6. The normalized spacial score (nSPS) is 12.3. The Hall–Kier alpha value is -1.69. The molecule has 0 amide bonds. The summed E-state index contributed by atoms with van der Waals surface area (Å²) < 4.78 is 5.16. The van der Waals surface area contributed by atoms with Crippen molar-refractivity contribution in [1.82, 2.24) is 15.5 Å². The number of nitrogens with zero attached hydrogens (tertiary/aromatic N) is 2. The topological polar surface area (TPSA) is 71.2 Å². The highest BCUT2D eigenvalue weighted by molar-refractivity contribution is 6.30. The molecule has 6 heteroatoms. The molecule has 21 heavy (non-hydrogen) atoms. The van der Waals surface area contributed by atoms with E-state index >= 15 is 0 Å². The number of aliphatic hydroxyl groups excluding tert-OH is 1. The van der Waals surface area contributed by atoms with Crippen LogP contribution in [0.5, 0.6) is 0 Å². The molecule has 1 heterocycles. The van der Waals surface area contributed by atoms with Crippen LogP contribution in [-0.2, 0) is 6.54 Å². The van der Waals surface area contributed by atoms with Crippen molar-refractivity contribution in [2.75, 3.05) is 6.54 Å². The van der Waals surface area contributed by atoms with Crippen molar-refractivity contribution in [2.24, 2.45) is 0 Å². The van der Waals surface area contributed by atoms with Crippen LogP contribution in [0.3, 0.4) is 0 Å². The predicted octanol–water partition coefficient (Wildman–Crippen LogP) is 2.81. The van der Waals surface area contributed by atoms with Crippen molar-refractivity contribution in [3.8, 4) is 11.4 Å². The maximum absolute atomic E-state index is 9.68. The highest BCUT2D eigenvalue weighted by Crippen LogP contribution is 2.18. The number of nitrogens with one attached hydrogen (secondary N) is 1. The zero-order valence-corrected chi connectivity index (χ0v) is 12.4. The lowest BCUT2D eigenvalue weighted by Gasteiger charge is -2.08. The van der Waals surface area contributed by atoms with Crippen LogP contribution >= 0.6 is 11.6 Å². The standard InChI is InChI=1S/C15H18ClN3O2/c1-2-3-4-13(20)9-17-10-14-18-15(19-21-14)11-5-7-12(16)8-6-11/h2,5-8,13,17,20H,1,3-4,9-10H2. The van der Waals surface area contributed by atoms with Crippen LogP contribution in [0.25, 0.3) is 11.4 Å². The summed E-state index contributed by atoms with van der Waals surface area (Å²) in [5, 5.41) is 17.3. The van der Waals surface area contributed by atoms with Gasteiger partial charge in [-0.1, -0.05) is 22.8 Å². The first kappa shape index (κ1) is 15.7. The van der Waals surface area contributed by atoms with Gasteiger partial charge in [0.15, 0.2) is 0 Å². The minimum Gasteiger partial charge on any atom is -0.392 e. The third-order valence-corrected chi connectivity index (χ3v) is 3.18. The maximum atomic E-state index is 9.68. The summed E-state index contributed by atoms with van der Waals surface area (Å²) in [6, 6.07) is 7.23. The average Bonchev–Trinajstić information content (AvgIpc) is 2.95. The van der Waals surface area contributed by atoms with Crippen LogP contribution in [0.15, 0.2) is 41.4 Å². The van der Waals surface area contributed by atoms with E-state index in [1.54, 1.807) is 18.2 Å². The van der Waals surface area contributed by atoms with E-state index in [1.165, 1.54) is 0 Å². The summed E-state index contributed by atoms with van der Waals surface area (Å²) in [6.45, 7) is 4.53. The molecular weight excluding hydrogens is 290 g/mol. The molecule has 0 aliphatic carbocycles. The fourth-order valence-corrected chi connectivity index (χ4v) is 1.93. The quantitative estimate of drug-likeness (QED) is 0.734. The monoisotopic (exact) mass is 307 g/mol. The fourth-order valence-electron chi connectivity index (χ4n) is 1.80. The summed E-state index contributed by atoms with van der Waals surface area (Å²) in [5.74, 6) is 1.01. The fraction of sp³-hybridized carbons (Fsp3) is 0.333. The van der Waals surface area contributed by atoms with Gasteiger partial charge in [0.2, 0.25) is 11.7 Å². The van der Waals surface area contributed by atoms with E-state index in [-0.39, 0.29) is 0 Å². The van der Waals surface area contributed by atoms with Gasteiger partial charge < -0.3 is 14.9 Å². The molecule has 0 spiro atoms. The number of rotatable bonds is 8. The molecule has 0 fully saturated rings. The molecule has 0 aliphatic heterocycles. The molecule has 1 aromatic carbocycles. The Morgan fingerprint density at radius 3 is 2.86 bits per heavy atom. The van der Waals surface area contributed by atoms with Gasteiger partial charge in [-0.05, 0) is 37.1 Å². The number of hydrogen-bond donors (Lipinski definition) is 2. The number of halogens is 1. The van der Waals surface area contributed by atoms with Crippen molar-refractivity contribution in [3.05, 3.63) is 47.8 Å². The summed E-state index contributed by atoms with van der Waals surface area (Å²) in [6.07, 6.45) is 2.88. The molecular formula is C15H18ClN3O2. The Labute approximate surface area is 128 Å². The maximum Gasteiger partial charge on any atom is 0.240 e. The van der Waals surface area contributed by atoms with Crippen LogP contribution in [0.4, 0.5) is 0 Å². The predicted molar refractivity (Wildman–Crippen MR) is 81.9 cm³/mol. The van der Waals surface area contributed by atoms with Crippen molar-refractivity contribution in [3.63, 3.8) is 0 Å². The van der Waals surface area contributed by atoms with Gasteiger partial charge in [-0.25, -0.2) is 0 Å². The molecule has 1 aromatic heterocycles. The molecule has 112 valence electrons. The van der Waals surface area contributed by atoms with Gasteiger partial charge in [0.1, 0.15) is 0 Å². The van der Waals surface area contributed by atoms with Crippen molar-refractivity contribution in [2.45, 2.75) is 25.5 Å². The second-order valence-electron chi connectivity index (χ2n) is 4.67. The Bertz CT molecular complexity index is 569. The van der Waals surface area contributed by atoms with Crippen molar-refractivity contribution in [1.29, 1.82) is 0 Å². The number of aromatic nitrogens is 2. The van der Waals surface area contributed by atoms with Gasteiger partial charge >= 0.3 is 0 Å². The molecule has 0 aliphatic rings. The van der Waals surface area contributed by atoms with Gasteiger partial charge in [-0.2, -0.15) is 4.98 Å². The Balaban J connectivity index is 1.83. The Kier molecular flexibility index (Phi) is 5.92. The van der Waals surface area contributed by atoms with E-state index in [0.717, 1.165) is 12.0 Å². The molecule has 0 saturated heterocycles. The van der Waals surface area contributed by atoms with E-state index in [1.807, 2.05) is 12.1 Å². The second-order valence-corrected chi connectivity index (χ2v) is 5.11. The third kappa shape index (κ3) is 4.97. The molecule has 0 saturated carbocycles. The second kappa shape index (κ2) is 7.93. The van der Waals surface area contributed by atoms with Gasteiger partial charge in [0, 0.05) is 17.1 Å². The van der Waals surface area contributed by atoms with E-state index in [2.05, 4.69) is 22.0 Å². The molecule has 2 aromatic rings. The van der Waals surface area contributed by atoms with E-state index < -0.39 is 6.10 Å². The van der Waals surface area contributed by atoms with Gasteiger partial charge in [0.25, 0.3) is 0 Å². The number of aliphatic hydroxyl groups is 1. The minimum absolute atomic E-state index is 0.401. The molecule has 1 atom stereocenters. The lowest BCUT2D eigenvalue weighted by atomic mass is 10.2. The largest absolute Gasteiger partial charge is 0.392 e. The van der Waals surface area contributed by atoms with Crippen LogP contribution in [-0.4, -0.2) is 27.9 Å². The van der Waals surface area contributed by atoms with Crippen molar-refractivity contribution < 1.29 is 9.63 Å². The first-order valence-electron chi connectivity index (χ1n) is 6.77. The molecule has 1 unspecified atom stereocenters. The number of allylic oxidation sites excluding steroid dienone is 1. The highest BCUT2D eigenvalue weighted by atomic mass is 35.5. The summed E-state index contributed by atoms with van der Waals surface area (Å²) in [5.41, 5.74) is 0.848. The number of hydrogen-bond acceptors (Lipinski definition) is 5. The zero-order chi connectivity index (χ0) is 15.1. The van der Waals surface area contributed by atoms with Crippen molar-refractivity contribution >= 4 is 11.6 Å². The summed E-state index contributed by atoms with van der Waals surface area (Å²) in [7, 11) is 0. The number of benzene rings is 1. The van der Waals surface area contributed by atoms with Gasteiger partial charge in [0.05, 0.1) is 12.6 Å². The third-order valence-electron chi connectivity index (χ3n) is 2.93. The average molecular weight is 308 g/mol. The van der Waals surface area contributed by atoms with E-state index in [9.17, 15) is 5.11 Å². The molecule has 5 nitrogen and oxygen atoms in total. The first-order chi connectivity index (χ1) is 10.2. The molecule has 2 N–H and O–H groups in total. The lowest BCUT2D eigenvalue weighted by molar-refractivity contribution is 0.161. The van der Waals surface area contributed by atoms with Crippen LogP contribution in [0.2, 0.25) is 5.02 Å². The van der Waals surface area contributed by atoms with Gasteiger partial charge in [-0.15, -0.1) is 6.58 Å². The highest BCUT2D eigenvalue weighted by Gasteiger charge is 2.09. The van der Waals surface area contributed by atoms with Gasteiger partial charge in [-0.3, -0.25) is 0 Å².